The van der Waals surface area contributed by atoms with Gasteiger partial charge in [0.15, 0.2) is 5.50 Å². The van der Waals surface area contributed by atoms with E-state index in [2.05, 4.69) is 57.1 Å². The Hall–Kier alpha value is -2.57. The summed E-state index contributed by atoms with van der Waals surface area (Å²) in [6, 6.07) is 18.6. The molecule has 1 unspecified atom stereocenters. The molecule has 1 aliphatic heterocycles. The number of thioether (sulfide) groups is 1. The minimum atomic E-state index is -0.136. The Labute approximate surface area is 174 Å². The monoisotopic (exact) mass is 404 g/mol. The highest BCUT2D eigenvalue weighted by Crippen LogP contribution is 2.41. The maximum atomic E-state index is 12.7. The fraction of sp³-hybridized carbons (Fsp3) is 0.304. The molecule has 6 heteroatoms. The number of carbonyl (C=O) groups is 1. The third-order valence-corrected chi connectivity index (χ3v) is 6.86. The molecule has 1 fully saturated rings. The largest absolute Gasteiger partial charge is 0.326 e. The number of nitrogens with zero attached hydrogens (tertiary/aromatic N) is 2. The smallest absolute Gasteiger partial charge is 0.225 e. The predicted molar refractivity (Wildman–Crippen MR) is 117 cm³/mol. The molecule has 29 heavy (non-hydrogen) atoms. The number of para-hydroxylation sites is 1. The molecule has 0 spiro atoms. The quantitative estimate of drug-likeness (QED) is 0.658. The highest BCUT2D eigenvalue weighted by Gasteiger charge is 2.33. The second-order valence-corrected chi connectivity index (χ2v) is 8.79. The summed E-state index contributed by atoms with van der Waals surface area (Å²) in [4.78, 5) is 18.3. The number of hydrazine groups is 1. The van der Waals surface area contributed by atoms with Crippen molar-refractivity contribution in [1.29, 1.82) is 0 Å². The molecule has 2 aromatic carbocycles. The Kier molecular flexibility index (Phi) is 5.12. The summed E-state index contributed by atoms with van der Waals surface area (Å²) in [5, 5.41) is 6.49. The number of nitrogens with one attached hydrogen (secondary N) is 2. The number of hydrogen-bond donors (Lipinski definition) is 2. The summed E-state index contributed by atoms with van der Waals surface area (Å²) in [7, 11) is 0. The van der Waals surface area contributed by atoms with Gasteiger partial charge in [-0.3, -0.25) is 14.8 Å². The molecule has 2 N–H and O–H groups in total. The third-order valence-electron chi connectivity index (χ3n) is 5.71. The van der Waals surface area contributed by atoms with E-state index >= 15 is 0 Å². The Morgan fingerprint density at radius 3 is 2.86 bits per heavy atom. The zero-order chi connectivity index (χ0) is 19.6. The number of amides is 1. The van der Waals surface area contributed by atoms with Gasteiger partial charge in [-0.2, -0.15) is 0 Å². The molecule has 1 amide bonds. The van der Waals surface area contributed by atoms with Crippen molar-refractivity contribution in [2.45, 2.75) is 42.6 Å². The first-order chi connectivity index (χ1) is 14.3. The number of pyridine rings is 1. The van der Waals surface area contributed by atoms with Crippen LogP contribution in [0, 0.1) is 5.92 Å². The van der Waals surface area contributed by atoms with E-state index in [9.17, 15) is 4.79 Å². The van der Waals surface area contributed by atoms with Crippen molar-refractivity contribution >= 4 is 34.3 Å². The van der Waals surface area contributed by atoms with E-state index in [1.54, 1.807) is 11.8 Å². The van der Waals surface area contributed by atoms with Crippen molar-refractivity contribution in [1.82, 2.24) is 15.7 Å². The van der Waals surface area contributed by atoms with Gasteiger partial charge in [0.05, 0.1) is 11.2 Å². The van der Waals surface area contributed by atoms with Crippen LogP contribution in [-0.2, 0) is 11.3 Å². The third kappa shape index (κ3) is 3.82. The van der Waals surface area contributed by atoms with Crippen molar-refractivity contribution in [3.8, 4) is 0 Å². The molecule has 148 valence electrons. The van der Waals surface area contributed by atoms with Crippen molar-refractivity contribution in [3.05, 3.63) is 66.4 Å². The molecule has 3 aromatic rings. The van der Waals surface area contributed by atoms with E-state index in [0.717, 1.165) is 42.3 Å². The van der Waals surface area contributed by atoms with E-state index in [0.29, 0.717) is 6.54 Å². The highest BCUT2D eigenvalue weighted by molar-refractivity contribution is 8.00. The van der Waals surface area contributed by atoms with Crippen LogP contribution in [0.15, 0.2) is 65.7 Å². The molecular formula is C23H24N4OS. The van der Waals surface area contributed by atoms with Crippen LogP contribution in [0.25, 0.3) is 10.9 Å². The SMILES string of the molecule is O=C(NC1Sc2ccccc2N1NCc1ccc2ncccc2c1)C1CCCC1. The van der Waals surface area contributed by atoms with Crippen molar-refractivity contribution in [2.75, 3.05) is 5.01 Å². The van der Waals surface area contributed by atoms with Crippen molar-refractivity contribution in [3.63, 3.8) is 0 Å². The second kappa shape index (κ2) is 8.05. The zero-order valence-corrected chi connectivity index (χ0v) is 17.0. The van der Waals surface area contributed by atoms with Gasteiger partial charge < -0.3 is 5.32 Å². The molecule has 0 radical (unpaired) electrons. The van der Waals surface area contributed by atoms with Crippen LogP contribution in [0.2, 0.25) is 0 Å². The van der Waals surface area contributed by atoms with Gasteiger partial charge in [0.1, 0.15) is 0 Å². The molecule has 5 nitrogen and oxygen atoms in total. The summed E-state index contributed by atoms with van der Waals surface area (Å²) < 4.78 is 0. The first-order valence-corrected chi connectivity index (χ1v) is 11.1. The molecular weight excluding hydrogens is 380 g/mol. The van der Waals surface area contributed by atoms with E-state index in [1.165, 1.54) is 10.5 Å². The number of anilines is 1. The molecule has 0 saturated heterocycles. The Morgan fingerprint density at radius 2 is 1.97 bits per heavy atom. The molecule has 1 aromatic heterocycles. The lowest BCUT2D eigenvalue weighted by Gasteiger charge is -2.28. The maximum absolute atomic E-state index is 12.7. The van der Waals surface area contributed by atoms with Crippen LogP contribution in [0.3, 0.4) is 0 Å². The van der Waals surface area contributed by atoms with Crippen molar-refractivity contribution in [2.24, 2.45) is 5.92 Å². The lowest BCUT2D eigenvalue weighted by molar-refractivity contribution is -0.125. The summed E-state index contributed by atoms with van der Waals surface area (Å²) in [6.07, 6.45) is 6.16. The lowest BCUT2D eigenvalue weighted by Crippen LogP contribution is -2.51. The van der Waals surface area contributed by atoms with Crippen LogP contribution in [0.4, 0.5) is 5.69 Å². The fourth-order valence-corrected chi connectivity index (χ4v) is 5.31. The van der Waals surface area contributed by atoms with E-state index in [1.807, 2.05) is 24.4 Å². The van der Waals surface area contributed by atoms with E-state index in [4.69, 9.17) is 0 Å². The van der Waals surface area contributed by atoms with E-state index < -0.39 is 0 Å². The fourth-order valence-electron chi connectivity index (χ4n) is 4.16. The van der Waals surface area contributed by atoms with Crippen LogP contribution < -0.4 is 15.8 Å². The minimum Gasteiger partial charge on any atom is -0.326 e. The Balaban J connectivity index is 1.33. The Bertz CT molecular complexity index is 1030. The summed E-state index contributed by atoms with van der Waals surface area (Å²) in [6.45, 7) is 0.676. The predicted octanol–water partition coefficient (Wildman–Crippen LogP) is 4.44. The van der Waals surface area contributed by atoms with Gasteiger partial charge in [0.2, 0.25) is 5.91 Å². The molecule has 0 bridgehead atoms. The number of rotatable bonds is 5. The zero-order valence-electron chi connectivity index (χ0n) is 16.2. The summed E-state index contributed by atoms with van der Waals surface area (Å²) in [5.41, 5.74) is 6.70. The van der Waals surface area contributed by atoms with Gasteiger partial charge in [0, 0.05) is 28.9 Å². The number of carbonyl (C=O) groups excluding carboxylic acids is 1. The highest BCUT2D eigenvalue weighted by atomic mass is 32.2. The first-order valence-electron chi connectivity index (χ1n) is 10.2. The molecule has 5 rings (SSSR count). The number of fused-ring (bicyclic) bond motifs is 2. The number of aromatic nitrogens is 1. The van der Waals surface area contributed by atoms with Crippen LogP contribution in [0.5, 0.6) is 0 Å². The topological polar surface area (TPSA) is 57.3 Å². The molecule has 2 heterocycles. The van der Waals surface area contributed by atoms with Gasteiger partial charge in [-0.05, 0) is 48.7 Å². The van der Waals surface area contributed by atoms with Crippen molar-refractivity contribution < 1.29 is 4.79 Å². The van der Waals surface area contributed by atoms with Crippen LogP contribution >= 0.6 is 11.8 Å². The summed E-state index contributed by atoms with van der Waals surface area (Å²) in [5.74, 6) is 0.338. The number of hydrogen-bond acceptors (Lipinski definition) is 5. The first kappa shape index (κ1) is 18.5. The molecule has 2 aliphatic rings. The molecule has 1 aliphatic carbocycles. The minimum absolute atomic E-state index is 0.136. The van der Waals surface area contributed by atoms with Gasteiger partial charge in [-0.25, -0.2) is 5.43 Å². The lowest BCUT2D eigenvalue weighted by atomic mass is 10.1. The van der Waals surface area contributed by atoms with Gasteiger partial charge in [-0.1, -0.05) is 48.9 Å². The Morgan fingerprint density at radius 1 is 1.10 bits per heavy atom. The van der Waals surface area contributed by atoms with Gasteiger partial charge in [-0.15, -0.1) is 0 Å². The van der Waals surface area contributed by atoms with Gasteiger partial charge in [0.25, 0.3) is 0 Å². The van der Waals surface area contributed by atoms with Crippen LogP contribution in [-0.4, -0.2) is 16.4 Å². The second-order valence-electron chi connectivity index (χ2n) is 7.66. The average molecular weight is 405 g/mol. The summed E-state index contributed by atoms with van der Waals surface area (Å²) >= 11 is 1.69. The standard InChI is InChI=1S/C23H24N4OS/c28-22(17-6-1-2-7-17)26-23-27(20-9-3-4-10-21(20)29-23)25-15-16-11-12-19-18(14-16)8-5-13-24-19/h3-5,8-14,17,23,25H,1-2,6-7,15H2,(H,26,28). The normalized spacial score (nSPS) is 18.9. The molecule has 1 saturated carbocycles. The maximum Gasteiger partial charge on any atom is 0.225 e. The average Bonchev–Trinajstić information content (AvgIpc) is 3.40. The van der Waals surface area contributed by atoms with E-state index in [-0.39, 0.29) is 17.3 Å². The van der Waals surface area contributed by atoms with Crippen LogP contribution in [0.1, 0.15) is 31.2 Å². The number of benzene rings is 2. The molecule has 1 atom stereocenters. The van der Waals surface area contributed by atoms with Gasteiger partial charge >= 0.3 is 0 Å².